The molecule has 20 heavy (non-hydrogen) atoms. The fourth-order valence-electron chi connectivity index (χ4n) is 2.53. The summed E-state index contributed by atoms with van der Waals surface area (Å²) in [6.45, 7) is 0.132. The summed E-state index contributed by atoms with van der Waals surface area (Å²) in [5, 5.41) is 0.452. The third-order valence-electron chi connectivity index (χ3n) is 3.73. The lowest BCUT2D eigenvalue weighted by molar-refractivity contribution is 0.0389. The maximum Gasteiger partial charge on any atom is 0.188 e. The van der Waals surface area contributed by atoms with Gasteiger partial charge in [0.15, 0.2) is 5.78 Å². The van der Waals surface area contributed by atoms with Crippen LogP contribution in [-0.2, 0) is 4.74 Å². The summed E-state index contributed by atoms with van der Waals surface area (Å²) < 4.78 is 10.8. The molecule has 0 aromatic heterocycles. The van der Waals surface area contributed by atoms with Gasteiger partial charge in [0.1, 0.15) is 12.4 Å². The van der Waals surface area contributed by atoms with Crippen LogP contribution in [0.3, 0.4) is 0 Å². The zero-order valence-corrected chi connectivity index (χ0v) is 12.6. The van der Waals surface area contributed by atoms with Crippen LogP contribution in [0.4, 0.5) is 0 Å². The molecule has 1 aliphatic rings. The molecule has 1 aromatic carbocycles. The van der Waals surface area contributed by atoms with Gasteiger partial charge in [0, 0.05) is 5.56 Å². The number of hydrogen-bond donors (Lipinski definition) is 0. The minimum absolute atomic E-state index is 0.0289. The Morgan fingerprint density at radius 2 is 1.95 bits per heavy atom. The Morgan fingerprint density at radius 3 is 2.55 bits per heavy atom. The molecule has 0 radical (unpaired) electrons. The number of rotatable bonds is 5. The molecule has 0 aliphatic heterocycles. The monoisotopic (exact) mass is 296 g/mol. The quantitative estimate of drug-likeness (QED) is 0.601. The van der Waals surface area contributed by atoms with Crippen LogP contribution in [0, 0.1) is 0 Å². The maximum atomic E-state index is 12.1. The lowest BCUT2D eigenvalue weighted by Crippen LogP contribution is -2.18. The van der Waals surface area contributed by atoms with E-state index in [-0.39, 0.29) is 18.5 Å². The predicted molar refractivity (Wildman–Crippen MR) is 79.8 cm³/mol. The Labute approximate surface area is 125 Å². The van der Waals surface area contributed by atoms with E-state index in [2.05, 4.69) is 0 Å². The van der Waals surface area contributed by atoms with Gasteiger partial charge in [0.25, 0.3) is 0 Å². The van der Waals surface area contributed by atoms with Crippen molar-refractivity contribution in [3.8, 4) is 5.75 Å². The van der Waals surface area contributed by atoms with E-state index < -0.39 is 0 Å². The highest BCUT2D eigenvalue weighted by Crippen LogP contribution is 2.25. The Bertz CT molecular complexity index is 451. The number of Topliss-reactive ketones (excluding diaryl/α,β-unsaturated/α-hetero) is 1. The van der Waals surface area contributed by atoms with Crippen molar-refractivity contribution in [3.63, 3.8) is 0 Å². The Hall–Kier alpha value is -1.06. The lowest BCUT2D eigenvalue weighted by atomic mass is 10.1. The summed E-state index contributed by atoms with van der Waals surface area (Å²) in [6, 6.07) is 5.07. The van der Waals surface area contributed by atoms with Gasteiger partial charge in [-0.2, -0.15) is 0 Å². The molecular formula is C16H21ClO3. The van der Waals surface area contributed by atoms with Crippen LogP contribution in [0.5, 0.6) is 5.75 Å². The molecule has 0 spiro atoms. The van der Waals surface area contributed by atoms with Gasteiger partial charge < -0.3 is 9.47 Å². The Kier molecular flexibility index (Phi) is 5.86. The van der Waals surface area contributed by atoms with Gasteiger partial charge in [-0.05, 0) is 31.0 Å². The van der Waals surface area contributed by atoms with E-state index in [4.69, 9.17) is 21.1 Å². The molecule has 0 N–H and O–H groups in total. The highest BCUT2D eigenvalue weighted by molar-refractivity contribution is 6.32. The average Bonchev–Trinajstić information content (AvgIpc) is 2.73. The molecule has 4 heteroatoms. The van der Waals surface area contributed by atoms with Crippen molar-refractivity contribution in [2.75, 3.05) is 13.7 Å². The summed E-state index contributed by atoms with van der Waals surface area (Å²) >= 11 is 6.03. The molecule has 0 amide bonds. The van der Waals surface area contributed by atoms with Gasteiger partial charge in [0.05, 0.1) is 18.2 Å². The number of methoxy groups -OCH3 is 1. The smallest absolute Gasteiger partial charge is 0.188 e. The number of ether oxygens (including phenoxy) is 2. The van der Waals surface area contributed by atoms with Crippen molar-refractivity contribution in [1.82, 2.24) is 0 Å². The van der Waals surface area contributed by atoms with E-state index in [0.29, 0.717) is 16.3 Å². The van der Waals surface area contributed by atoms with E-state index in [1.54, 1.807) is 25.3 Å². The third-order valence-corrected chi connectivity index (χ3v) is 4.02. The molecule has 0 unspecified atom stereocenters. The van der Waals surface area contributed by atoms with Gasteiger partial charge in [-0.25, -0.2) is 0 Å². The second kappa shape index (κ2) is 7.65. The first-order valence-corrected chi connectivity index (χ1v) is 7.57. The molecule has 0 saturated heterocycles. The summed E-state index contributed by atoms with van der Waals surface area (Å²) in [5.74, 6) is 0.548. The van der Waals surface area contributed by atoms with E-state index >= 15 is 0 Å². The number of halogens is 1. The Morgan fingerprint density at radius 1 is 1.25 bits per heavy atom. The normalized spacial score (nSPS) is 16.7. The Balaban J connectivity index is 1.89. The highest BCUT2D eigenvalue weighted by atomic mass is 35.5. The van der Waals surface area contributed by atoms with Crippen molar-refractivity contribution >= 4 is 17.4 Å². The molecule has 3 nitrogen and oxygen atoms in total. The molecule has 0 bridgehead atoms. The van der Waals surface area contributed by atoms with Crippen LogP contribution >= 0.6 is 11.6 Å². The number of hydrogen-bond acceptors (Lipinski definition) is 3. The van der Waals surface area contributed by atoms with Crippen LogP contribution in [0.15, 0.2) is 18.2 Å². The standard InChI is InChI=1S/C16H21ClO3/c1-19-16-9-8-12(10-14(16)17)15(18)11-20-13-6-4-2-3-5-7-13/h8-10,13H,2-7,11H2,1H3. The molecular weight excluding hydrogens is 276 g/mol. The van der Waals surface area contributed by atoms with Gasteiger partial charge in [0.2, 0.25) is 0 Å². The molecule has 1 saturated carbocycles. The first-order valence-electron chi connectivity index (χ1n) is 7.19. The molecule has 1 fully saturated rings. The fourth-order valence-corrected chi connectivity index (χ4v) is 2.78. The van der Waals surface area contributed by atoms with Crippen molar-refractivity contribution < 1.29 is 14.3 Å². The zero-order valence-electron chi connectivity index (χ0n) is 11.9. The van der Waals surface area contributed by atoms with Gasteiger partial charge in [-0.3, -0.25) is 4.79 Å². The first-order chi connectivity index (χ1) is 9.70. The molecule has 1 aromatic rings. The van der Waals surface area contributed by atoms with E-state index in [0.717, 1.165) is 12.8 Å². The lowest BCUT2D eigenvalue weighted by Gasteiger charge is -2.14. The zero-order chi connectivity index (χ0) is 14.4. The average molecular weight is 297 g/mol. The van der Waals surface area contributed by atoms with Crippen molar-refractivity contribution in [3.05, 3.63) is 28.8 Å². The number of ketones is 1. The molecule has 2 rings (SSSR count). The van der Waals surface area contributed by atoms with Gasteiger partial charge in [-0.1, -0.05) is 37.3 Å². The minimum atomic E-state index is -0.0289. The second-order valence-electron chi connectivity index (χ2n) is 5.20. The topological polar surface area (TPSA) is 35.5 Å². The van der Waals surface area contributed by atoms with Crippen LogP contribution in [0.2, 0.25) is 5.02 Å². The van der Waals surface area contributed by atoms with Gasteiger partial charge in [-0.15, -0.1) is 0 Å². The third kappa shape index (κ3) is 4.22. The van der Waals surface area contributed by atoms with Crippen LogP contribution < -0.4 is 4.74 Å². The summed E-state index contributed by atoms with van der Waals surface area (Å²) in [7, 11) is 1.55. The predicted octanol–water partition coefficient (Wildman–Crippen LogP) is 4.27. The minimum Gasteiger partial charge on any atom is -0.495 e. The van der Waals surface area contributed by atoms with Crippen molar-refractivity contribution in [2.45, 2.75) is 44.6 Å². The molecule has 0 heterocycles. The summed E-state index contributed by atoms with van der Waals surface area (Å²) in [5.41, 5.74) is 0.574. The van der Waals surface area contributed by atoms with Crippen LogP contribution in [-0.4, -0.2) is 25.6 Å². The van der Waals surface area contributed by atoms with Crippen molar-refractivity contribution in [1.29, 1.82) is 0 Å². The van der Waals surface area contributed by atoms with Crippen molar-refractivity contribution in [2.24, 2.45) is 0 Å². The SMILES string of the molecule is COc1ccc(C(=O)COC2CCCCCC2)cc1Cl. The highest BCUT2D eigenvalue weighted by Gasteiger charge is 2.15. The van der Waals surface area contributed by atoms with Crippen LogP contribution in [0.1, 0.15) is 48.9 Å². The molecule has 110 valence electrons. The van der Waals surface area contributed by atoms with E-state index in [1.165, 1.54) is 25.7 Å². The first kappa shape index (κ1) is 15.3. The summed E-state index contributed by atoms with van der Waals surface area (Å²) in [4.78, 5) is 12.1. The molecule has 1 aliphatic carbocycles. The van der Waals surface area contributed by atoms with Crippen LogP contribution in [0.25, 0.3) is 0 Å². The molecule has 0 atom stereocenters. The summed E-state index contributed by atoms with van der Waals surface area (Å²) in [6.07, 6.45) is 7.33. The number of carbonyl (C=O) groups is 1. The second-order valence-corrected chi connectivity index (χ2v) is 5.60. The largest absolute Gasteiger partial charge is 0.495 e. The number of benzene rings is 1. The fraction of sp³-hybridized carbons (Fsp3) is 0.562. The maximum absolute atomic E-state index is 12.1. The van der Waals surface area contributed by atoms with E-state index in [1.807, 2.05) is 0 Å². The van der Waals surface area contributed by atoms with Gasteiger partial charge >= 0.3 is 0 Å². The number of carbonyl (C=O) groups excluding carboxylic acids is 1. The van der Waals surface area contributed by atoms with E-state index in [9.17, 15) is 4.79 Å².